The van der Waals surface area contributed by atoms with Gasteiger partial charge in [-0.05, 0) is 12.8 Å². The molecule has 0 unspecified atom stereocenters. The summed E-state index contributed by atoms with van der Waals surface area (Å²) in [7, 11) is 1.63. The molecule has 0 aromatic carbocycles. The van der Waals surface area contributed by atoms with Gasteiger partial charge in [-0.2, -0.15) is 5.26 Å². The maximum absolute atomic E-state index is 12.1. The predicted molar refractivity (Wildman–Crippen MR) is 61.0 cm³/mol. The molecule has 1 aliphatic rings. The Balaban J connectivity index is 2.65. The van der Waals surface area contributed by atoms with Crippen molar-refractivity contribution in [1.82, 2.24) is 4.90 Å². The smallest absolute Gasteiger partial charge is 0.307 e. The molecule has 17 heavy (non-hydrogen) atoms. The lowest BCUT2D eigenvalue weighted by Gasteiger charge is -2.30. The molecule has 5 nitrogen and oxygen atoms in total. The van der Waals surface area contributed by atoms with Gasteiger partial charge in [0, 0.05) is 13.6 Å². The Bertz CT molecular complexity index is 335. The van der Waals surface area contributed by atoms with Gasteiger partial charge in [0.1, 0.15) is 0 Å². The van der Waals surface area contributed by atoms with E-state index in [4.69, 9.17) is 10.4 Å². The number of hydrogen-bond acceptors (Lipinski definition) is 3. The molecule has 0 spiro atoms. The third-order valence-electron chi connectivity index (χ3n) is 3.34. The SMILES string of the molecule is CN(CCC#N)C(=O)[C@@H]1CCCC[C@@H]1C(=O)O. The van der Waals surface area contributed by atoms with E-state index in [1.165, 1.54) is 4.90 Å². The van der Waals surface area contributed by atoms with Crippen molar-refractivity contribution in [2.75, 3.05) is 13.6 Å². The average molecular weight is 238 g/mol. The first-order valence-corrected chi connectivity index (χ1v) is 5.92. The van der Waals surface area contributed by atoms with Gasteiger partial charge in [-0.25, -0.2) is 0 Å². The van der Waals surface area contributed by atoms with E-state index >= 15 is 0 Å². The Morgan fingerprint density at radius 2 is 1.94 bits per heavy atom. The van der Waals surface area contributed by atoms with Gasteiger partial charge in [0.2, 0.25) is 5.91 Å². The Morgan fingerprint density at radius 3 is 2.47 bits per heavy atom. The van der Waals surface area contributed by atoms with Gasteiger partial charge in [0.25, 0.3) is 0 Å². The first kappa shape index (κ1) is 13.5. The Labute approximate surface area is 101 Å². The standard InChI is InChI=1S/C12H18N2O3/c1-14(8-4-7-13)11(15)9-5-2-3-6-10(9)12(16)17/h9-10H,2-6,8H2,1H3,(H,16,17)/t9-,10+/m1/s1. The number of carboxylic acids is 1. The summed E-state index contributed by atoms with van der Waals surface area (Å²) < 4.78 is 0. The molecule has 0 aromatic rings. The third-order valence-corrected chi connectivity index (χ3v) is 3.34. The number of nitriles is 1. The molecule has 0 radical (unpaired) electrons. The van der Waals surface area contributed by atoms with Crippen molar-refractivity contribution >= 4 is 11.9 Å². The van der Waals surface area contributed by atoms with Gasteiger partial charge in [-0.3, -0.25) is 9.59 Å². The maximum atomic E-state index is 12.1. The Hall–Kier alpha value is -1.57. The summed E-state index contributed by atoms with van der Waals surface area (Å²) in [4.78, 5) is 24.6. The van der Waals surface area contributed by atoms with Crippen molar-refractivity contribution in [3.05, 3.63) is 0 Å². The lowest BCUT2D eigenvalue weighted by atomic mass is 9.78. The van der Waals surface area contributed by atoms with E-state index in [1.807, 2.05) is 6.07 Å². The van der Waals surface area contributed by atoms with E-state index < -0.39 is 17.8 Å². The summed E-state index contributed by atoms with van der Waals surface area (Å²) in [5.74, 6) is -1.98. The van der Waals surface area contributed by atoms with Gasteiger partial charge < -0.3 is 10.0 Å². The van der Waals surface area contributed by atoms with Crippen molar-refractivity contribution in [1.29, 1.82) is 5.26 Å². The molecule has 94 valence electrons. The fourth-order valence-electron chi connectivity index (χ4n) is 2.33. The molecule has 1 saturated carbocycles. The highest BCUT2D eigenvalue weighted by Crippen LogP contribution is 2.31. The lowest BCUT2D eigenvalue weighted by Crippen LogP contribution is -2.41. The van der Waals surface area contributed by atoms with Crippen molar-refractivity contribution in [2.45, 2.75) is 32.1 Å². The molecule has 0 bridgehead atoms. The third kappa shape index (κ3) is 3.45. The van der Waals surface area contributed by atoms with Crippen molar-refractivity contribution in [3.63, 3.8) is 0 Å². The second-order valence-electron chi connectivity index (χ2n) is 4.50. The summed E-state index contributed by atoms with van der Waals surface area (Å²) in [6, 6.07) is 1.98. The van der Waals surface area contributed by atoms with E-state index in [1.54, 1.807) is 7.05 Å². The number of aliphatic carboxylic acids is 1. The minimum absolute atomic E-state index is 0.132. The summed E-state index contributed by atoms with van der Waals surface area (Å²) in [5.41, 5.74) is 0. The van der Waals surface area contributed by atoms with Crippen LogP contribution >= 0.6 is 0 Å². The summed E-state index contributed by atoms with van der Waals surface area (Å²) in [6.45, 7) is 0.373. The highest BCUT2D eigenvalue weighted by atomic mass is 16.4. The monoisotopic (exact) mass is 238 g/mol. The second kappa shape index (κ2) is 6.24. The highest BCUT2D eigenvalue weighted by Gasteiger charge is 2.36. The van der Waals surface area contributed by atoms with Crippen LogP contribution in [0.4, 0.5) is 0 Å². The van der Waals surface area contributed by atoms with Gasteiger partial charge in [0.15, 0.2) is 0 Å². The average Bonchev–Trinajstić information content (AvgIpc) is 2.34. The van der Waals surface area contributed by atoms with E-state index in [2.05, 4.69) is 0 Å². The lowest BCUT2D eigenvalue weighted by molar-refractivity contribution is -0.151. The number of carboxylic acid groups (broad SMARTS) is 1. The zero-order chi connectivity index (χ0) is 12.8. The summed E-state index contributed by atoms with van der Waals surface area (Å²) in [6.07, 6.45) is 3.30. The molecule has 1 amide bonds. The number of amides is 1. The van der Waals surface area contributed by atoms with Crippen LogP contribution < -0.4 is 0 Å². The van der Waals surface area contributed by atoms with Crippen LogP contribution in [0.5, 0.6) is 0 Å². The molecule has 5 heteroatoms. The van der Waals surface area contributed by atoms with E-state index in [9.17, 15) is 9.59 Å². The maximum Gasteiger partial charge on any atom is 0.307 e. The van der Waals surface area contributed by atoms with Crippen LogP contribution in [0.1, 0.15) is 32.1 Å². The van der Waals surface area contributed by atoms with Crippen LogP contribution in [0.25, 0.3) is 0 Å². The number of hydrogen-bond donors (Lipinski definition) is 1. The highest BCUT2D eigenvalue weighted by molar-refractivity contribution is 5.84. The molecule has 1 aliphatic carbocycles. The molecule has 1 N–H and O–H groups in total. The van der Waals surface area contributed by atoms with Crippen LogP contribution in [0.2, 0.25) is 0 Å². The van der Waals surface area contributed by atoms with Crippen molar-refractivity contribution in [3.8, 4) is 6.07 Å². The number of carbonyl (C=O) groups excluding carboxylic acids is 1. The van der Waals surface area contributed by atoms with Crippen molar-refractivity contribution < 1.29 is 14.7 Å². The number of nitrogens with zero attached hydrogens (tertiary/aromatic N) is 2. The molecular formula is C12H18N2O3. The first-order valence-electron chi connectivity index (χ1n) is 5.92. The van der Waals surface area contributed by atoms with Crippen LogP contribution in [0.15, 0.2) is 0 Å². The van der Waals surface area contributed by atoms with Crippen LogP contribution in [-0.2, 0) is 9.59 Å². The van der Waals surface area contributed by atoms with Gasteiger partial charge >= 0.3 is 5.97 Å². The fourth-order valence-corrected chi connectivity index (χ4v) is 2.33. The molecule has 2 atom stereocenters. The molecular weight excluding hydrogens is 220 g/mol. The molecule has 0 saturated heterocycles. The molecule has 0 aromatic heterocycles. The predicted octanol–water partition coefficient (Wildman–Crippen LogP) is 1.25. The normalized spacial score (nSPS) is 23.8. The minimum Gasteiger partial charge on any atom is -0.481 e. The molecule has 0 heterocycles. The first-order chi connectivity index (χ1) is 8.07. The summed E-state index contributed by atoms with van der Waals surface area (Å²) in [5, 5.41) is 17.6. The quantitative estimate of drug-likeness (QED) is 0.799. The Morgan fingerprint density at radius 1 is 1.35 bits per heavy atom. The van der Waals surface area contributed by atoms with Crippen LogP contribution in [0.3, 0.4) is 0 Å². The van der Waals surface area contributed by atoms with Crippen LogP contribution in [-0.4, -0.2) is 35.5 Å². The molecule has 1 rings (SSSR count). The second-order valence-corrected chi connectivity index (χ2v) is 4.50. The van der Waals surface area contributed by atoms with Crippen LogP contribution in [0, 0.1) is 23.2 Å². The van der Waals surface area contributed by atoms with Gasteiger partial charge in [-0.15, -0.1) is 0 Å². The molecule has 0 aliphatic heterocycles. The zero-order valence-electron chi connectivity index (χ0n) is 10.1. The van der Waals surface area contributed by atoms with E-state index in [-0.39, 0.29) is 12.3 Å². The summed E-state index contributed by atoms with van der Waals surface area (Å²) >= 11 is 0. The van der Waals surface area contributed by atoms with Gasteiger partial charge in [0.05, 0.1) is 24.3 Å². The van der Waals surface area contributed by atoms with E-state index in [0.29, 0.717) is 19.4 Å². The zero-order valence-corrected chi connectivity index (χ0v) is 10.1. The largest absolute Gasteiger partial charge is 0.481 e. The topological polar surface area (TPSA) is 81.4 Å². The number of rotatable bonds is 4. The Kier molecular flexibility index (Phi) is 4.95. The van der Waals surface area contributed by atoms with E-state index in [0.717, 1.165) is 12.8 Å². The number of carbonyl (C=O) groups is 2. The molecule has 1 fully saturated rings. The van der Waals surface area contributed by atoms with Gasteiger partial charge in [-0.1, -0.05) is 12.8 Å². The minimum atomic E-state index is -0.878. The fraction of sp³-hybridized carbons (Fsp3) is 0.750. The van der Waals surface area contributed by atoms with Crippen molar-refractivity contribution in [2.24, 2.45) is 11.8 Å².